The van der Waals surface area contributed by atoms with Gasteiger partial charge in [-0.25, -0.2) is 0 Å². The van der Waals surface area contributed by atoms with E-state index in [9.17, 15) is 14.4 Å². The zero-order valence-electron chi connectivity index (χ0n) is 45.2. The first-order valence-corrected chi connectivity index (χ1v) is 28.5. The molecule has 6 nitrogen and oxygen atoms in total. The van der Waals surface area contributed by atoms with Gasteiger partial charge in [0.25, 0.3) is 0 Å². The Hall–Kier alpha value is -4.19. The van der Waals surface area contributed by atoms with Crippen LogP contribution in [-0.2, 0) is 28.6 Å². The molecular formula is C64H104O6. The van der Waals surface area contributed by atoms with Gasteiger partial charge in [0.2, 0.25) is 0 Å². The first-order valence-electron chi connectivity index (χ1n) is 28.5. The van der Waals surface area contributed by atoms with Gasteiger partial charge < -0.3 is 14.2 Å². The van der Waals surface area contributed by atoms with E-state index in [1.165, 1.54) is 57.8 Å². The summed E-state index contributed by atoms with van der Waals surface area (Å²) in [5, 5.41) is 0. The highest BCUT2D eigenvalue weighted by Crippen LogP contribution is 2.13. The number of carbonyl (C=O) groups excluding carboxylic acids is 3. The van der Waals surface area contributed by atoms with Crippen LogP contribution in [0.5, 0.6) is 0 Å². The Labute approximate surface area is 431 Å². The number of hydrogen-bond acceptors (Lipinski definition) is 6. The minimum absolute atomic E-state index is 0.106. The molecule has 0 amide bonds. The molecule has 0 radical (unpaired) electrons. The van der Waals surface area contributed by atoms with Gasteiger partial charge in [-0.05, 0) is 128 Å². The lowest BCUT2D eigenvalue weighted by Gasteiger charge is -2.18. The van der Waals surface area contributed by atoms with Crippen LogP contribution in [0.3, 0.4) is 0 Å². The van der Waals surface area contributed by atoms with Crippen molar-refractivity contribution in [3.8, 4) is 0 Å². The molecule has 0 aromatic carbocycles. The average Bonchev–Trinajstić information content (AvgIpc) is 3.36. The maximum atomic E-state index is 12.9. The second-order valence-electron chi connectivity index (χ2n) is 18.4. The standard InChI is InChI=1S/C64H104O6/c1-4-7-10-13-16-19-22-25-28-31-32-34-36-39-42-45-48-51-54-57-63(66)69-60-61(59-68-62(65)56-53-50-47-44-41-38-35-30-27-24-21-18-15-12-9-6-3)70-64(67)58-55-52-49-46-43-40-37-33-29-26-23-20-17-14-11-8-5-2/h7-8,10-11,16-17,19-20,25-26,28-30,32,34-35,37,39-40,42,61H,4-6,9,12-15,18,21-24,27,31,33,36,38,41,43-60H2,1-3H3/b10-7-,11-8-,19-16-,20-17-,28-25-,29-26-,34-32-,35-30-,40-37-,42-39-. The molecule has 6 heteroatoms. The van der Waals surface area contributed by atoms with Gasteiger partial charge in [0, 0.05) is 19.3 Å². The Kier molecular flexibility index (Phi) is 54.0. The lowest BCUT2D eigenvalue weighted by Crippen LogP contribution is -2.30. The zero-order valence-corrected chi connectivity index (χ0v) is 45.2. The second-order valence-corrected chi connectivity index (χ2v) is 18.4. The molecule has 0 spiro atoms. The van der Waals surface area contributed by atoms with E-state index in [0.29, 0.717) is 12.8 Å². The molecule has 0 saturated carbocycles. The highest BCUT2D eigenvalue weighted by atomic mass is 16.6. The first kappa shape index (κ1) is 65.8. The average molecular weight is 970 g/mol. The van der Waals surface area contributed by atoms with E-state index in [1.54, 1.807) is 0 Å². The van der Waals surface area contributed by atoms with Gasteiger partial charge >= 0.3 is 17.9 Å². The normalized spacial score (nSPS) is 13.0. The van der Waals surface area contributed by atoms with Crippen molar-refractivity contribution >= 4 is 17.9 Å². The van der Waals surface area contributed by atoms with Crippen molar-refractivity contribution in [2.45, 2.75) is 252 Å². The summed E-state index contributed by atoms with van der Waals surface area (Å²) in [4.78, 5) is 38.2. The molecule has 0 aromatic rings. The predicted molar refractivity (Wildman–Crippen MR) is 302 cm³/mol. The molecule has 0 N–H and O–H groups in total. The van der Waals surface area contributed by atoms with Crippen molar-refractivity contribution in [3.63, 3.8) is 0 Å². The van der Waals surface area contributed by atoms with Gasteiger partial charge in [-0.15, -0.1) is 0 Å². The van der Waals surface area contributed by atoms with Crippen molar-refractivity contribution in [1.29, 1.82) is 0 Å². The molecule has 0 heterocycles. The Bertz CT molecular complexity index is 1490. The number of allylic oxidation sites excluding steroid dienone is 20. The molecule has 1 atom stereocenters. The predicted octanol–water partition coefficient (Wildman–Crippen LogP) is 19.3. The van der Waals surface area contributed by atoms with Crippen LogP contribution in [-0.4, -0.2) is 37.2 Å². The highest BCUT2D eigenvalue weighted by Gasteiger charge is 2.19. The molecule has 0 saturated heterocycles. The molecule has 0 aliphatic rings. The van der Waals surface area contributed by atoms with E-state index >= 15 is 0 Å². The number of esters is 3. The topological polar surface area (TPSA) is 78.9 Å². The molecule has 70 heavy (non-hydrogen) atoms. The number of unbranched alkanes of at least 4 members (excludes halogenated alkanes) is 19. The third-order valence-electron chi connectivity index (χ3n) is 11.7. The van der Waals surface area contributed by atoms with E-state index in [-0.39, 0.29) is 37.5 Å². The van der Waals surface area contributed by atoms with Crippen molar-refractivity contribution in [2.75, 3.05) is 13.2 Å². The molecule has 0 fully saturated rings. The number of rotatable bonds is 50. The SMILES string of the molecule is CC/C=C\C/C=C\C/C=C\C/C=C\C/C=C\CCCCCC(=O)OCC(COC(=O)CCCCCCC/C=C\CCCCCCCCC)OC(=O)CCCCCC/C=C\C/C=C\C/C=C\C/C=C\CC. The summed E-state index contributed by atoms with van der Waals surface area (Å²) < 4.78 is 16.8. The largest absolute Gasteiger partial charge is 0.462 e. The van der Waals surface area contributed by atoms with Crippen molar-refractivity contribution in [2.24, 2.45) is 0 Å². The van der Waals surface area contributed by atoms with Gasteiger partial charge in [0.1, 0.15) is 13.2 Å². The smallest absolute Gasteiger partial charge is 0.306 e. The van der Waals surface area contributed by atoms with Gasteiger partial charge in [-0.3, -0.25) is 14.4 Å². The maximum absolute atomic E-state index is 12.9. The highest BCUT2D eigenvalue weighted by molar-refractivity contribution is 5.71. The third-order valence-corrected chi connectivity index (χ3v) is 11.7. The van der Waals surface area contributed by atoms with Crippen LogP contribution in [0.2, 0.25) is 0 Å². The monoisotopic (exact) mass is 969 g/mol. The molecule has 0 aromatic heterocycles. The van der Waals surface area contributed by atoms with E-state index in [0.717, 1.165) is 148 Å². The summed E-state index contributed by atoms with van der Waals surface area (Å²) in [6.07, 6.45) is 79.0. The Morgan fingerprint density at radius 2 is 0.557 bits per heavy atom. The molecule has 396 valence electrons. The fourth-order valence-electron chi connectivity index (χ4n) is 7.45. The summed E-state index contributed by atoms with van der Waals surface area (Å²) in [7, 11) is 0. The molecular weight excluding hydrogens is 865 g/mol. The maximum Gasteiger partial charge on any atom is 0.306 e. The van der Waals surface area contributed by atoms with E-state index in [2.05, 4.69) is 142 Å². The Morgan fingerprint density at radius 3 is 0.900 bits per heavy atom. The van der Waals surface area contributed by atoms with E-state index in [4.69, 9.17) is 14.2 Å². The van der Waals surface area contributed by atoms with Gasteiger partial charge in [0.15, 0.2) is 6.10 Å². The van der Waals surface area contributed by atoms with E-state index < -0.39 is 6.10 Å². The van der Waals surface area contributed by atoms with Gasteiger partial charge in [0.05, 0.1) is 0 Å². The number of hydrogen-bond donors (Lipinski definition) is 0. The Balaban J connectivity index is 4.52. The molecule has 0 aliphatic heterocycles. The summed E-state index contributed by atoms with van der Waals surface area (Å²) in [6.45, 7) is 6.35. The molecule has 0 rings (SSSR count). The quantitative estimate of drug-likeness (QED) is 0.0262. The molecule has 0 aliphatic carbocycles. The van der Waals surface area contributed by atoms with Crippen LogP contribution in [0.4, 0.5) is 0 Å². The van der Waals surface area contributed by atoms with Crippen LogP contribution >= 0.6 is 0 Å². The van der Waals surface area contributed by atoms with Crippen molar-refractivity contribution in [1.82, 2.24) is 0 Å². The Morgan fingerprint density at radius 1 is 0.300 bits per heavy atom. The molecule has 0 bridgehead atoms. The fraction of sp³-hybridized carbons (Fsp3) is 0.641. The minimum atomic E-state index is -0.812. The minimum Gasteiger partial charge on any atom is -0.462 e. The lowest BCUT2D eigenvalue weighted by molar-refractivity contribution is -0.167. The van der Waals surface area contributed by atoms with E-state index in [1.807, 2.05) is 0 Å². The summed E-state index contributed by atoms with van der Waals surface area (Å²) in [5.74, 6) is -0.973. The van der Waals surface area contributed by atoms with Crippen LogP contribution < -0.4 is 0 Å². The van der Waals surface area contributed by atoms with Crippen LogP contribution in [0.15, 0.2) is 122 Å². The number of carbonyl (C=O) groups is 3. The fourth-order valence-corrected chi connectivity index (χ4v) is 7.45. The molecule has 1 unspecified atom stereocenters. The summed E-state index contributed by atoms with van der Waals surface area (Å²) >= 11 is 0. The first-order chi connectivity index (χ1) is 34.5. The van der Waals surface area contributed by atoms with Gasteiger partial charge in [-0.2, -0.15) is 0 Å². The van der Waals surface area contributed by atoms with Crippen LogP contribution in [0, 0.1) is 0 Å². The summed E-state index contributed by atoms with van der Waals surface area (Å²) in [5.41, 5.74) is 0. The zero-order chi connectivity index (χ0) is 50.7. The van der Waals surface area contributed by atoms with Crippen molar-refractivity contribution in [3.05, 3.63) is 122 Å². The summed E-state index contributed by atoms with van der Waals surface area (Å²) in [6, 6.07) is 0. The van der Waals surface area contributed by atoms with Crippen LogP contribution in [0.1, 0.15) is 245 Å². The lowest BCUT2D eigenvalue weighted by atomic mass is 10.1. The van der Waals surface area contributed by atoms with Crippen molar-refractivity contribution < 1.29 is 28.6 Å². The van der Waals surface area contributed by atoms with Gasteiger partial charge in [-0.1, -0.05) is 219 Å². The van der Waals surface area contributed by atoms with Crippen LogP contribution in [0.25, 0.3) is 0 Å². The third kappa shape index (κ3) is 54.7. The number of ether oxygens (including phenoxy) is 3. The second kappa shape index (κ2) is 57.4.